The fraction of sp³-hybridized carbons (Fsp3) is 0.343. The van der Waals surface area contributed by atoms with E-state index in [1.807, 2.05) is 19.1 Å². The van der Waals surface area contributed by atoms with E-state index in [0.717, 1.165) is 92.0 Å². The molecule has 7 nitrogen and oxygen atoms in total. The van der Waals surface area contributed by atoms with Crippen LogP contribution in [0.3, 0.4) is 0 Å². The highest BCUT2D eigenvalue weighted by Crippen LogP contribution is 2.32. The molecule has 0 spiro atoms. The van der Waals surface area contributed by atoms with Gasteiger partial charge in [-0.25, -0.2) is 15.0 Å². The van der Waals surface area contributed by atoms with Gasteiger partial charge >= 0.3 is 0 Å². The number of nitrogens with zero attached hydrogens (tertiary/aromatic N) is 7. The summed E-state index contributed by atoms with van der Waals surface area (Å²) >= 11 is 0. The molecular formula is C35H41N7. The molecule has 1 aliphatic heterocycles. The van der Waals surface area contributed by atoms with Crippen molar-refractivity contribution in [1.82, 2.24) is 24.4 Å². The van der Waals surface area contributed by atoms with E-state index < -0.39 is 0 Å². The van der Waals surface area contributed by atoms with Crippen molar-refractivity contribution in [1.29, 1.82) is 0 Å². The Morgan fingerprint density at radius 1 is 0.738 bits per heavy atom. The van der Waals surface area contributed by atoms with Gasteiger partial charge in [-0.15, -0.1) is 0 Å². The zero-order chi connectivity index (χ0) is 29.1. The number of piperazine rings is 1. The molecule has 0 amide bonds. The Balaban J connectivity index is 1.13. The molecule has 42 heavy (non-hydrogen) atoms. The van der Waals surface area contributed by atoms with Gasteiger partial charge in [0.05, 0.1) is 0 Å². The molecule has 6 rings (SSSR count). The first-order chi connectivity index (χ1) is 20.5. The predicted molar refractivity (Wildman–Crippen MR) is 174 cm³/mol. The smallest absolute Gasteiger partial charge is 0.170 e. The van der Waals surface area contributed by atoms with Crippen molar-refractivity contribution in [3.8, 4) is 17.1 Å². The normalized spacial score (nSPS) is 14.0. The van der Waals surface area contributed by atoms with Crippen LogP contribution < -0.4 is 9.80 Å². The highest BCUT2D eigenvalue weighted by Gasteiger charge is 2.22. The molecule has 0 unspecified atom stereocenters. The van der Waals surface area contributed by atoms with Crippen LogP contribution in [0.1, 0.15) is 29.8 Å². The SMILES string of the molecule is Cc1nc(N(C)CCCCN2CCN(c3cccc(C)c3C)CC2)c2nc(-c3ccccc3)n(-c3ccccc3)c2n1. The number of benzene rings is 3. The van der Waals surface area contributed by atoms with Gasteiger partial charge in [0.1, 0.15) is 11.6 Å². The Bertz CT molecular complexity index is 1640. The Labute approximate surface area is 249 Å². The van der Waals surface area contributed by atoms with Crippen molar-refractivity contribution in [3.63, 3.8) is 0 Å². The number of rotatable bonds is 9. The van der Waals surface area contributed by atoms with E-state index in [4.69, 9.17) is 15.0 Å². The van der Waals surface area contributed by atoms with E-state index >= 15 is 0 Å². The van der Waals surface area contributed by atoms with Crippen molar-refractivity contribution in [2.45, 2.75) is 33.6 Å². The molecular weight excluding hydrogens is 518 g/mol. The maximum atomic E-state index is 5.15. The lowest BCUT2D eigenvalue weighted by atomic mass is 10.1. The van der Waals surface area contributed by atoms with Crippen LogP contribution in [0.4, 0.5) is 11.5 Å². The maximum absolute atomic E-state index is 5.15. The van der Waals surface area contributed by atoms with Crippen molar-refractivity contribution in [2.24, 2.45) is 0 Å². The van der Waals surface area contributed by atoms with Gasteiger partial charge < -0.3 is 9.80 Å². The average molecular weight is 560 g/mol. The molecule has 0 aliphatic carbocycles. The van der Waals surface area contributed by atoms with Gasteiger partial charge in [-0.2, -0.15) is 0 Å². The molecule has 0 saturated carbocycles. The van der Waals surface area contributed by atoms with Gasteiger partial charge in [-0.05, 0) is 69.5 Å². The van der Waals surface area contributed by atoms with Gasteiger partial charge in [0, 0.05) is 56.7 Å². The number of imidazole rings is 1. The molecule has 1 saturated heterocycles. The lowest BCUT2D eigenvalue weighted by molar-refractivity contribution is 0.253. The highest BCUT2D eigenvalue weighted by molar-refractivity contribution is 5.88. The quantitative estimate of drug-likeness (QED) is 0.194. The van der Waals surface area contributed by atoms with Crippen molar-refractivity contribution in [2.75, 3.05) is 56.1 Å². The van der Waals surface area contributed by atoms with Crippen molar-refractivity contribution in [3.05, 3.63) is 95.8 Å². The third kappa shape index (κ3) is 5.74. The lowest BCUT2D eigenvalue weighted by Gasteiger charge is -2.37. The van der Waals surface area contributed by atoms with Gasteiger partial charge in [0.15, 0.2) is 17.0 Å². The molecule has 7 heteroatoms. The van der Waals surface area contributed by atoms with Gasteiger partial charge in [-0.3, -0.25) is 9.47 Å². The van der Waals surface area contributed by atoms with Crippen LogP contribution in [-0.2, 0) is 0 Å². The van der Waals surface area contributed by atoms with Crippen molar-refractivity contribution >= 4 is 22.7 Å². The summed E-state index contributed by atoms with van der Waals surface area (Å²) in [7, 11) is 2.13. The summed E-state index contributed by atoms with van der Waals surface area (Å²) in [6, 6.07) is 27.4. The summed E-state index contributed by atoms with van der Waals surface area (Å²) < 4.78 is 2.16. The number of hydrogen-bond acceptors (Lipinski definition) is 6. The van der Waals surface area contributed by atoms with Gasteiger partial charge in [0.25, 0.3) is 0 Å². The number of fused-ring (bicyclic) bond motifs is 1. The molecule has 3 aromatic carbocycles. The predicted octanol–water partition coefficient (Wildman–Crippen LogP) is 6.45. The zero-order valence-corrected chi connectivity index (χ0v) is 25.3. The maximum Gasteiger partial charge on any atom is 0.170 e. The van der Waals surface area contributed by atoms with Crippen LogP contribution in [0.15, 0.2) is 78.9 Å². The van der Waals surface area contributed by atoms with E-state index in [0.29, 0.717) is 0 Å². The van der Waals surface area contributed by atoms with Crippen LogP contribution in [0.25, 0.3) is 28.2 Å². The fourth-order valence-electron chi connectivity index (χ4n) is 6.00. The number of para-hydroxylation sites is 1. The topological polar surface area (TPSA) is 53.3 Å². The second kappa shape index (κ2) is 12.3. The second-order valence-corrected chi connectivity index (χ2v) is 11.4. The number of unbranched alkanes of at least 4 members (excludes halogenated alkanes) is 1. The van der Waals surface area contributed by atoms with E-state index in [2.05, 4.69) is 107 Å². The molecule has 0 bridgehead atoms. The standard InChI is InChI=1S/C35H41N7/c1-26-14-13-19-31(27(26)2)41-24-22-40(23-25-41)21-12-11-20-39(4)34-32-35(37-28(3)36-34)42(30-17-9-6-10-18-30)33(38-32)29-15-7-5-8-16-29/h5-10,13-19H,11-12,20-25H2,1-4H3. The number of aromatic nitrogens is 4. The molecule has 0 radical (unpaired) electrons. The Morgan fingerprint density at radius 3 is 2.19 bits per heavy atom. The van der Waals surface area contributed by atoms with Gasteiger partial charge in [0.2, 0.25) is 0 Å². The molecule has 5 aromatic rings. The molecule has 0 N–H and O–H groups in total. The van der Waals surface area contributed by atoms with Crippen LogP contribution in [0, 0.1) is 20.8 Å². The van der Waals surface area contributed by atoms with E-state index in [1.54, 1.807) is 0 Å². The molecule has 1 fully saturated rings. The monoisotopic (exact) mass is 559 g/mol. The third-order valence-corrected chi connectivity index (χ3v) is 8.52. The van der Waals surface area contributed by atoms with Crippen LogP contribution >= 0.6 is 0 Å². The fourth-order valence-corrected chi connectivity index (χ4v) is 6.00. The number of aryl methyl sites for hydroxylation is 2. The van der Waals surface area contributed by atoms with Crippen LogP contribution in [0.2, 0.25) is 0 Å². The van der Waals surface area contributed by atoms with E-state index in [9.17, 15) is 0 Å². The van der Waals surface area contributed by atoms with E-state index in [1.165, 1.54) is 16.8 Å². The average Bonchev–Trinajstić information content (AvgIpc) is 3.40. The minimum absolute atomic E-state index is 0.753. The first-order valence-corrected chi connectivity index (χ1v) is 15.1. The number of hydrogen-bond donors (Lipinski definition) is 0. The Kier molecular flexibility index (Phi) is 8.20. The zero-order valence-electron chi connectivity index (χ0n) is 25.3. The highest BCUT2D eigenvalue weighted by atomic mass is 15.3. The minimum atomic E-state index is 0.753. The lowest BCUT2D eigenvalue weighted by Crippen LogP contribution is -2.47. The molecule has 0 atom stereocenters. The van der Waals surface area contributed by atoms with Crippen LogP contribution in [-0.4, -0.2) is 70.7 Å². The summed E-state index contributed by atoms with van der Waals surface area (Å²) in [5.74, 6) is 2.53. The van der Waals surface area contributed by atoms with Crippen LogP contribution in [0.5, 0.6) is 0 Å². The number of anilines is 2. The molecule has 1 aliphatic rings. The summed E-state index contributed by atoms with van der Waals surface area (Å²) in [4.78, 5) is 22.3. The minimum Gasteiger partial charge on any atom is -0.369 e. The summed E-state index contributed by atoms with van der Waals surface area (Å²) in [6.07, 6.45) is 2.26. The first kappa shape index (κ1) is 27.9. The summed E-state index contributed by atoms with van der Waals surface area (Å²) in [6.45, 7) is 12.9. The summed E-state index contributed by atoms with van der Waals surface area (Å²) in [5.41, 5.74) is 7.97. The van der Waals surface area contributed by atoms with E-state index in [-0.39, 0.29) is 0 Å². The third-order valence-electron chi connectivity index (χ3n) is 8.52. The second-order valence-electron chi connectivity index (χ2n) is 11.4. The molecule has 216 valence electrons. The first-order valence-electron chi connectivity index (χ1n) is 15.1. The van der Waals surface area contributed by atoms with Gasteiger partial charge in [-0.1, -0.05) is 60.7 Å². The Morgan fingerprint density at radius 2 is 1.45 bits per heavy atom. The largest absolute Gasteiger partial charge is 0.369 e. The van der Waals surface area contributed by atoms with Crippen molar-refractivity contribution < 1.29 is 0 Å². The molecule has 2 aromatic heterocycles. The summed E-state index contributed by atoms with van der Waals surface area (Å²) in [5, 5.41) is 0. The molecule has 3 heterocycles. The Hall–Kier alpha value is -4.23.